The van der Waals surface area contributed by atoms with Crippen LogP contribution in [0.5, 0.6) is 0 Å². The van der Waals surface area contributed by atoms with Crippen LogP contribution in [0, 0.1) is 11.3 Å². The Labute approximate surface area is 121 Å². The zero-order valence-corrected chi connectivity index (χ0v) is 12.5. The Kier molecular flexibility index (Phi) is 3.91. The van der Waals surface area contributed by atoms with E-state index >= 15 is 0 Å². The van der Waals surface area contributed by atoms with Crippen molar-refractivity contribution in [2.45, 2.75) is 63.5 Å². The largest absolute Gasteiger partial charge is 0.379 e. The molecule has 1 saturated carbocycles. The van der Waals surface area contributed by atoms with E-state index in [-0.39, 0.29) is 17.6 Å². The number of hydrogen-bond acceptors (Lipinski definition) is 4. The SMILES string of the molecule is CC1(C(=O)C2CCOC3(CCCCC3)C2)COCC1N. The van der Waals surface area contributed by atoms with Gasteiger partial charge in [-0.15, -0.1) is 0 Å². The van der Waals surface area contributed by atoms with Gasteiger partial charge >= 0.3 is 0 Å². The molecule has 0 bridgehead atoms. The van der Waals surface area contributed by atoms with Gasteiger partial charge in [0.25, 0.3) is 0 Å². The van der Waals surface area contributed by atoms with Gasteiger partial charge in [-0.2, -0.15) is 0 Å². The fourth-order valence-corrected chi connectivity index (χ4v) is 4.21. The van der Waals surface area contributed by atoms with E-state index in [0.717, 1.165) is 32.3 Å². The molecule has 20 heavy (non-hydrogen) atoms. The normalized spacial score (nSPS) is 40.9. The van der Waals surface area contributed by atoms with Gasteiger partial charge in [-0.25, -0.2) is 0 Å². The number of ether oxygens (including phenoxy) is 2. The molecule has 3 fully saturated rings. The smallest absolute Gasteiger partial charge is 0.145 e. The topological polar surface area (TPSA) is 61.5 Å². The molecule has 1 aliphatic carbocycles. The van der Waals surface area contributed by atoms with Crippen molar-refractivity contribution in [3.8, 4) is 0 Å². The van der Waals surface area contributed by atoms with Crippen LogP contribution >= 0.6 is 0 Å². The summed E-state index contributed by atoms with van der Waals surface area (Å²) >= 11 is 0. The second-order valence-corrected chi connectivity index (χ2v) is 7.19. The lowest BCUT2D eigenvalue weighted by molar-refractivity contribution is -0.150. The van der Waals surface area contributed by atoms with Crippen LogP contribution in [0.3, 0.4) is 0 Å². The molecule has 2 N–H and O–H groups in total. The van der Waals surface area contributed by atoms with Crippen molar-refractivity contribution in [1.82, 2.24) is 0 Å². The molecule has 0 amide bonds. The third-order valence-corrected chi connectivity index (χ3v) is 5.71. The number of Topliss-reactive ketones (excluding diaryl/α,β-unsaturated/α-hetero) is 1. The monoisotopic (exact) mass is 281 g/mol. The summed E-state index contributed by atoms with van der Waals surface area (Å²) < 4.78 is 11.5. The molecule has 2 heterocycles. The Morgan fingerprint density at radius 1 is 1.25 bits per heavy atom. The molecule has 1 spiro atoms. The van der Waals surface area contributed by atoms with E-state index in [1.54, 1.807) is 0 Å². The zero-order valence-electron chi connectivity index (χ0n) is 12.5. The van der Waals surface area contributed by atoms with E-state index in [1.807, 2.05) is 6.92 Å². The quantitative estimate of drug-likeness (QED) is 0.841. The fourth-order valence-electron chi connectivity index (χ4n) is 4.21. The van der Waals surface area contributed by atoms with Crippen LogP contribution in [0.4, 0.5) is 0 Å². The van der Waals surface area contributed by atoms with Gasteiger partial charge in [-0.05, 0) is 32.6 Å². The summed E-state index contributed by atoms with van der Waals surface area (Å²) in [6.45, 7) is 3.70. The average molecular weight is 281 g/mol. The molecular formula is C16H27NO3. The zero-order chi connectivity index (χ0) is 14.2. The van der Waals surface area contributed by atoms with Crippen LogP contribution in [0.2, 0.25) is 0 Å². The second kappa shape index (κ2) is 5.39. The van der Waals surface area contributed by atoms with Crippen LogP contribution < -0.4 is 5.73 Å². The van der Waals surface area contributed by atoms with Gasteiger partial charge in [-0.1, -0.05) is 19.3 Å². The maximum Gasteiger partial charge on any atom is 0.145 e. The molecule has 0 aromatic rings. The first-order valence-corrected chi connectivity index (χ1v) is 8.07. The van der Waals surface area contributed by atoms with Gasteiger partial charge in [0.05, 0.1) is 24.2 Å². The van der Waals surface area contributed by atoms with Crippen molar-refractivity contribution in [3.05, 3.63) is 0 Å². The van der Waals surface area contributed by atoms with Gasteiger partial charge in [0.1, 0.15) is 5.78 Å². The lowest BCUT2D eigenvalue weighted by atomic mass is 9.69. The summed E-state index contributed by atoms with van der Waals surface area (Å²) in [5.74, 6) is 0.426. The number of ketones is 1. The minimum atomic E-state index is -0.488. The predicted molar refractivity (Wildman–Crippen MR) is 76.4 cm³/mol. The van der Waals surface area contributed by atoms with Crippen molar-refractivity contribution >= 4 is 5.78 Å². The van der Waals surface area contributed by atoms with Crippen molar-refractivity contribution in [2.24, 2.45) is 17.1 Å². The standard InChI is InChI=1S/C16H27NO3/c1-15(11-19-10-13(15)17)14(18)12-5-8-20-16(9-12)6-3-2-4-7-16/h12-13H,2-11,17H2,1H3. The van der Waals surface area contributed by atoms with Crippen molar-refractivity contribution in [2.75, 3.05) is 19.8 Å². The minimum Gasteiger partial charge on any atom is -0.379 e. The first-order valence-electron chi connectivity index (χ1n) is 8.07. The highest BCUT2D eigenvalue weighted by molar-refractivity contribution is 5.88. The van der Waals surface area contributed by atoms with Crippen LogP contribution in [-0.4, -0.2) is 37.2 Å². The lowest BCUT2D eigenvalue weighted by Gasteiger charge is -2.44. The van der Waals surface area contributed by atoms with Crippen molar-refractivity contribution in [3.63, 3.8) is 0 Å². The molecule has 3 atom stereocenters. The molecule has 114 valence electrons. The maximum atomic E-state index is 12.9. The summed E-state index contributed by atoms with van der Waals surface area (Å²) in [6, 6.07) is -0.153. The predicted octanol–water partition coefficient (Wildman–Crippen LogP) is 2.05. The van der Waals surface area contributed by atoms with Crippen LogP contribution in [-0.2, 0) is 14.3 Å². The highest BCUT2D eigenvalue weighted by atomic mass is 16.5. The average Bonchev–Trinajstić information content (AvgIpc) is 2.80. The van der Waals surface area contributed by atoms with Gasteiger partial charge < -0.3 is 15.2 Å². The number of nitrogens with two attached hydrogens (primary N) is 1. The molecule has 0 aromatic carbocycles. The first kappa shape index (κ1) is 14.5. The Balaban J connectivity index is 1.72. The Bertz CT molecular complexity index is 372. The van der Waals surface area contributed by atoms with E-state index in [2.05, 4.69) is 0 Å². The number of rotatable bonds is 2. The molecule has 0 radical (unpaired) electrons. The Hall–Kier alpha value is -0.450. The molecule has 3 unspecified atom stereocenters. The van der Waals surface area contributed by atoms with E-state index in [1.165, 1.54) is 19.3 Å². The highest BCUT2D eigenvalue weighted by Crippen LogP contribution is 2.43. The summed E-state index contributed by atoms with van der Waals surface area (Å²) in [4.78, 5) is 12.9. The van der Waals surface area contributed by atoms with Gasteiger partial charge in [0, 0.05) is 18.6 Å². The van der Waals surface area contributed by atoms with E-state index < -0.39 is 5.41 Å². The summed E-state index contributed by atoms with van der Waals surface area (Å²) in [7, 11) is 0. The van der Waals surface area contributed by atoms with Gasteiger partial charge in [0.2, 0.25) is 0 Å². The number of hydrogen-bond donors (Lipinski definition) is 1. The molecule has 3 aliphatic rings. The Morgan fingerprint density at radius 2 is 2.00 bits per heavy atom. The number of carbonyl (C=O) groups excluding carboxylic acids is 1. The molecule has 3 rings (SSSR count). The Morgan fingerprint density at radius 3 is 2.65 bits per heavy atom. The van der Waals surface area contributed by atoms with E-state index in [9.17, 15) is 4.79 Å². The summed E-state index contributed by atoms with van der Waals surface area (Å²) in [5, 5.41) is 0. The first-order chi connectivity index (χ1) is 9.56. The lowest BCUT2D eigenvalue weighted by Crippen LogP contribution is -2.51. The minimum absolute atomic E-state index is 0.0171. The van der Waals surface area contributed by atoms with Gasteiger partial charge in [0.15, 0.2) is 0 Å². The molecular weight excluding hydrogens is 254 g/mol. The maximum absolute atomic E-state index is 12.9. The molecule has 0 aromatic heterocycles. The van der Waals surface area contributed by atoms with E-state index in [0.29, 0.717) is 19.0 Å². The number of carbonyl (C=O) groups is 1. The second-order valence-electron chi connectivity index (χ2n) is 7.19. The van der Waals surface area contributed by atoms with Crippen LogP contribution in [0.15, 0.2) is 0 Å². The molecule has 4 heteroatoms. The van der Waals surface area contributed by atoms with Crippen molar-refractivity contribution in [1.29, 1.82) is 0 Å². The third-order valence-electron chi connectivity index (χ3n) is 5.71. The summed E-state index contributed by atoms with van der Waals surface area (Å²) in [5.41, 5.74) is 5.61. The molecule has 2 saturated heterocycles. The third kappa shape index (κ3) is 2.42. The van der Waals surface area contributed by atoms with Crippen LogP contribution in [0.25, 0.3) is 0 Å². The van der Waals surface area contributed by atoms with Crippen LogP contribution in [0.1, 0.15) is 51.9 Å². The highest BCUT2D eigenvalue weighted by Gasteiger charge is 2.49. The van der Waals surface area contributed by atoms with E-state index in [4.69, 9.17) is 15.2 Å². The fraction of sp³-hybridized carbons (Fsp3) is 0.938. The summed E-state index contributed by atoms with van der Waals surface area (Å²) in [6.07, 6.45) is 7.77. The van der Waals surface area contributed by atoms with Crippen molar-refractivity contribution < 1.29 is 14.3 Å². The molecule has 2 aliphatic heterocycles. The molecule has 4 nitrogen and oxygen atoms in total. The van der Waals surface area contributed by atoms with Gasteiger partial charge in [-0.3, -0.25) is 4.79 Å².